The van der Waals surface area contributed by atoms with Crippen LogP contribution in [0.15, 0.2) is 24.3 Å². The number of carbonyl (C=O) groups excluding carboxylic acids is 2. The Hall–Kier alpha value is -1.84. The van der Waals surface area contributed by atoms with E-state index in [1.807, 2.05) is 38.1 Å². The molecule has 0 bridgehead atoms. The topological polar surface area (TPSA) is 49.4 Å². The zero-order valence-corrected chi connectivity index (χ0v) is 14.6. The number of amides is 2. The number of hydrogen-bond donors (Lipinski definition) is 1. The maximum atomic E-state index is 12.3. The molecule has 0 aliphatic carbocycles. The van der Waals surface area contributed by atoms with Gasteiger partial charge in [-0.1, -0.05) is 52.8 Å². The molecule has 0 unspecified atom stereocenters. The number of carbonyl (C=O) groups is 2. The third kappa shape index (κ3) is 5.51. The fourth-order valence-electron chi connectivity index (χ4n) is 2.35. The third-order valence-electron chi connectivity index (χ3n) is 3.37. The summed E-state index contributed by atoms with van der Waals surface area (Å²) in [6.45, 7) is 12.6. The second-order valence-electron chi connectivity index (χ2n) is 7.14. The zero-order valence-electron chi connectivity index (χ0n) is 14.6. The van der Waals surface area contributed by atoms with E-state index in [-0.39, 0.29) is 23.8 Å². The van der Waals surface area contributed by atoms with Gasteiger partial charge in [-0.3, -0.25) is 9.59 Å². The smallest absolute Gasteiger partial charge is 0.244 e. The first-order chi connectivity index (χ1) is 10.1. The molecule has 0 heterocycles. The highest BCUT2D eigenvalue weighted by Crippen LogP contribution is 2.29. The van der Waals surface area contributed by atoms with Crippen molar-refractivity contribution in [1.82, 2.24) is 4.90 Å². The van der Waals surface area contributed by atoms with Gasteiger partial charge in [0.05, 0.1) is 6.54 Å². The number of rotatable bonds is 5. The Bertz CT molecular complexity index is 530. The molecule has 0 aliphatic rings. The molecule has 0 fully saturated rings. The standard InChI is InChI=1S/C18H28N2O2/c1-13(2)11-20(14(3)21)12-17(22)19-16-10-8-7-9-15(16)18(4,5)6/h7-10,13H,11-12H2,1-6H3,(H,19,22). The van der Waals surface area contributed by atoms with E-state index in [9.17, 15) is 9.59 Å². The average Bonchev–Trinajstić information content (AvgIpc) is 2.36. The van der Waals surface area contributed by atoms with Crippen molar-refractivity contribution in [3.63, 3.8) is 0 Å². The van der Waals surface area contributed by atoms with Crippen LogP contribution in [0.5, 0.6) is 0 Å². The molecule has 0 radical (unpaired) electrons. The minimum Gasteiger partial charge on any atom is -0.333 e. The summed E-state index contributed by atoms with van der Waals surface area (Å²) in [4.78, 5) is 25.5. The van der Waals surface area contributed by atoms with Gasteiger partial charge < -0.3 is 10.2 Å². The maximum absolute atomic E-state index is 12.3. The molecule has 1 aromatic rings. The van der Waals surface area contributed by atoms with Crippen LogP contribution in [0.3, 0.4) is 0 Å². The molecular formula is C18H28N2O2. The lowest BCUT2D eigenvalue weighted by atomic mass is 9.86. The molecular weight excluding hydrogens is 276 g/mol. The SMILES string of the molecule is CC(=O)N(CC(=O)Nc1ccccc1C(C)(C)C)CC(C)C. The molecule has 2 amide bonds. The number of nitrogens with one attached hydrogen (secondary N) is 1. The van der Waals surface area contributed by atoms with Gasteiger partial charge in [0.2, 0.25) is 11.8 Å². The third-order valence-corrected chi connectivity index (χ3v) is 3.37. The van der Waals surface area contributed by atoms with E-state index in [0.29, 0.717) is 12.5 Å². The Balaban J connectivity index is 2.83. The van der Waals surface area contributed by atoms with E-state index in [4.69, 9.17) is 0 Å². The summed E-state index contributed by atoms with van der Waals surface area (Å²) in [7, 11) is 0. The minimum absolute atomic E-state index is 0.0535. The second-order valence-corrected chi connectivity index (χ2v) is 7.14. The molecule has 0 aliphatic heterocycles. The summed E-state index contributed by atoms with van der Waals surface area (Å²) in [5.41, 5.74) is 1.84. The number of para-hydroxylation sites is 1. The molecule has 4 heteroatoms. The van der Waals surface area contributed by atoms with Crippen LogP contribution in [0.4, 0.5) is 5.69 Å². The van der Waals surface area contributed by atoms with Crippen molar-refractivity contribution in [3.05, 3.63) is 29.8 Å². The highest BCUT2D eigenvalue weighted by atomic mass is 16.2. The first kappa shape index (κ1) is 18.2. The van der Waals surface area contributed by atoms with Crippen LogP contribution < -0.4 is 5.32 Å². The fraction of sp³-hybridized carbons (Fsp3) is 0.556. The number of nitrogens with zero attached hydrogens (tertiary/aromatic N) is 1. The predicted octanol–water partition coefficient (Wildman–Crippen LogP) is 3.43. The maximum Gasteiger partial charge on any atom is 0.244 e. The molecule has 0 atom stereocenters. The van der Waals surface area contributed by atoms with E-state index in [1.165, 1.54) is 6.92 Å². The lowest BCUT2D eigenvalue weighted by Gasteiger charge is -2.25. The molecule has 1 aromatic carbocycles. The summed E-state index contributed by atoms with van der Waals surface area (Å²) in [6, 6.07) is 7.80. The van der Waals surface area contributed by atoms with Gasteiger partial charge in [0, 0.05) is 19.2 Å². The van der Waals surface area contributed by atoms with E-state index >= 15 is 0 Å². The van der Waals surface area contributed by atoms with Crippen molar-refractivity contribution in [2.45, 2.75) is 47.0 Å². The zero-order chi connectivity index (χ0) is 16.9. The number of hydrogen-bond acceptors (Lipinski definition) is 2. The van der Waals surface area contributed by atoms with Gasteiger partial charge in [0.15, 0.2) is 0 Å². The molecule has 4 nitrogen and oxygen atoms in total. The fourth-order valence-corrected chi connectivity index (χ4v) is 2.35. The normalized spacial score (nSPS) is 11.4. The number of benzene rings is 1. The van der Waals surface area contributed by atoms with Crippen LogP contribution in [0.1, 0.15) is 47.1 Å². The lowest BCUT2D eigenvalue weighted by Crippen LogP contribution is -2.39. The molecule has 22 heavy (non-hydrogen) atoms. The summed E-state index contributed by atoms with van der Waals surface area (Å²) in [5.74, 6) is 0.0964. The van der Waals surface area contributed by atoms with Gasteiger partial charge in [0.1, 0.15) is 0 Å². The Kier molecular flexibility index (Phi) is 6.15. The summed E-state index contributed by atoms with van der Waals surface area (Å²) in [5, 5.41) is 2.94. The van der Waals surface area contributed by atoms with Gasteiger partial charge in [0.25, 0.3) is 0 Å². The first-order valence-electron chi connectivity index (χ1n) is 7.76. The Morgan fingerprint density at radius 1 is 1.18 bits per heavy atom. The monoisotopic (exact) mass is 304 g/mol. The van der Waals surface area contributed by atoms with E-state index < -0.39 is 0 Å². The predicted molar refractivity (Wildman–Crippen MR) is 90.9 cm³/mol. The Labute approximate surface area is 133 Å². The molecule has 0 aromatic heterocycles. The minimum atomic E-state index is -0.160. The van der Waals surface area contributed by atoms with Crippen LogP contribution in [0.25, 0.3) is 0 Å². The van der Waals surface area contributed by atoms with E-state index in [0.717, 1.165) is 11.3 Å². The summed E-state index contributed by atoms with van der Waals surface area (Å²) in [6.07, 6.45) is 0. The van der Waals surface area contributed by atoms with Crippen molar-refractivity contribution < 1.29 is 9.59 Å². The largest absolute Gasteiger partial charge is 0.333 e. The van der Waals surface area contributed by atoms with Crippen molar-refractivity contribution in [3.8, 4) is 0 Å². The molecule has 0 spiro atoms. The van der Waals surface area contributed by atoms with E-state index in [2.05, 4.69) is 26.1 Å². The highest BCUT2D eigenvalue weighted by molar-refractivity contribution is 5.95. The summed E-state index contributed by atoms with van der Waals surface area (Å²) >= 11 is 0. The molecule has 0 saturated carbocycles. The van der Waals surface area contributed by atoms with Gasteiger partial charge >= 0.3 is 0 Å². The lowest BCUT2D eigenvalue weighted by molar-refractivity contribution is -0.133. The molecule has 1 rings (SSSR count). The van der Waals surface area contributed by atoms with Gasteiger partial charge in [-0.15, -0.1) is 0 Å². The van der Waals surface area contributed by atoms with Gasteiger partial charge in [-0.2, -0.15) is 0 Å². The average molecular weight is 304 g/mol. The van der Waals surface area contributed by atoms with Crippen LogP contribution in [0, 0.1) is 5.92 Å². The number of anilines is 1. The van der Waals surface area contributed by atoms with Crippen molar-refractivity contribution in [2.75, 3.05) is 18.4 Å². The summed E-state index contributed by atoms with van der Waals surface area (Å²) < 4.78 is 0. The van der Waals surface area contributed by atoms with Crippen LogP contribution in [-0.4, -0.2) is 29.8 Å². The quantitative estimate of drug-likeness (QED) is 0.906. The van der Waals surface area contributed by atoms with Crippen molar-refractivity contribution >= 4 is 17.5 Å². The molecule has 1 N–H and O–H groups in total. The van der Waals surface area contributed by atoms with Gasteiger partial charge in [-0.05, 0) is 23.0 Å². The second kappa shape index (κ2) is 7.43. The molecule has 122 valence electrons. The Morgan fingerprint density at radius 3 is 2.27 bits per heavy atom. The van der Waals surface area contributed by atoms with E-state index in [1.54, 1.807) is 4.90 Å². The Morgan fingerprint density at radius 2 is 1.77 bits per heavy atom. The van der Waals surface area contributed by atoms with Crippen LogP contribution in [0.2, 0.25) is 0 Å². The van der Waals surface area contributed by atoms with Crippen LogP contribution in [-0.2, 0) is 15.0 Å². The molecule has 0 saturated heterocycles. The van der Waals surface area contributed by atoms with Crippen molar-refractivity contribution in [1.29, 1.82) is 0 Å². The highest BCUT2D eigenvalue weighted by Gasteiger charge is 2.20. The first-order valence-corrected chi connectivity index (χ1v) is 7.76. The van der Waals surface area contributed by atoms with Crippen molar-refractivity contribution in [2.24, 2.45) is 5.92 Å². The van der Waals surface area contributed by atoms with Crippen LogP contribution >= 0.6 is 0 Å². The van der Waals surface area contributed by atoms with Gasteiger partial charge in [-0.25, -0.2) is 0 Å².